The molecule has 30 heavy (non-hydrogen) atoms. The van der Waals surface area contributed by atoms with Gasteiger partial charge in [-0.15, -0.1) is 0 Å². The summed E-state index contributed by atoms with van der Waals surface area (Å²) in [5, 5.41) is 0. The number of hydrogen-bond donors (Lipinski definition) is 1. The van der Waals surface area contributed by atoms with Crippen LogP contribution in [0.1, 0.15) is 29.3 Å². The number of sulfonamides is 1. The minimum atomic E-state index is -4.05. The first-order valence-electron chi connectivity index (χ1n) is 9.61. The molecule has 5 nitrogen and oxygen atoms in total. The van der Waals surface area contributed by atoms with Crippen molar-refractivity contribution < 1.29 is 17.6 Å². The van der Waals surface area contributed by atoms with Gasteiger partial charge in [0, 0.05) is 18.7 Å². The van der Waals surface area contributed by atoms with Gasteiger partial charge in [-0.1, -0.05) is 55.5 Å². The number of para-hydroxylation sites is 1. The molecule has 0 atom stereocenters. The van der Waals surface area contributed by atoms with E-state index in [2.05, 4.69) is 4.72 Å². The first-order chi connectivity index (χ1) is 14.4. The third kappa shape index (κ3) is 5.24. The third-order valence-electron chi connectivity index (χ3n) is 4.51. The second kappa shape index (κ2) is 9.54. The minimum absolute atomic E-state index is 0.104. The number of nitrogens with zero attached hydrogens (tertiary/aromatic N) is 1. The number of benzene rings is 3. The number of amides is 1. The smallest absolute Gasteiger partial charge is 0.262 e. The van der Waals surface area contributed by atoms with Crippen LogP contribution in [0.5, 0.6) is 0 Å². The Morgan fingerprint density at radius 3 is 2.37 bits per heavy atom. The van der Waals surface area contributed by atoms with Gasteiger partial charge in [0.2, 0.25) is 0 Å². The van der Waals surface area contributed by atoms with Gasteiger partial charge in [0.05, 0.1) is 10.6 Å². The van der Waals surface area contributed by atoms with Crippen molar-refractivity contribution in [1.29, 1.82) is 0 Å². The average molecular weight is 427 g/mol. The number of carbonyl (C=O) groups is 1. The topological polar surface area (TPSA) is 66.5 Å². The number of anilines is 1. The van der Waals surface area contributed by atoms with Crippen LogP contribution >= 0.6 is 0 Å². The lowest BCUT2D eigenvalue weighted by Crippen LogP contribution is -2.31. The molecule has 0 heterocycles. The van der Waals surface area contributed by atoms with Crippen LogP contribution in [0.4, 0.5) is 10.1 Å². The van der Waals surface area contributed by atoms with Gasteiger partial charge in [-0.2, -0.15) is 0 Å². The van der Waals surface area contributed by atoms with Crippen molar-refractivity contribution in [2.24, 2.45) is 0 Å². The second-order valence-corrected chi connectivity index (χ2v) is 8.51. The number of rotatable bonds is 8. The van der Waals surface area contributed by atoms with E-state index in [1.165, 1.54) is 42.5 Å². The molecule has 0 aliphatic heterocycles. The highest BCUT2D eigenvalue weighted by atomic mass is 32.2. The van der Waals surface area contributed by atoms with Crippen molar-refractivity contribution in [3.63, 3.8) is 0 Å². The van der Waals surface area contributed by atoms with Gasteiger partial charge in [0.25, 0.3) is 15.9 Å². The summed E-state index contributed by atoms with van der Waals surface area (Å²) in [5.74, 6) is -0.936. The SMILES string of the molecule is CCCN(Cc1ccccc1)C(=O)c1cccc(S(=O)(=O)Nc2ccccc2F)c1. The molecule has 1 amide bonds. The van der Waals surface area contributed by atoms with Crippen LogP contribution in [-0.2, 0) is 16.6 Å². The van der Waals surface area contributed by atoms with Crippen molar-refractivity contribution in [1.82, 2.24) is 4.90 Å². The minimum Gasteiger partial charge on any atom is -0.334 e. The van der Waals surface area contributed by atoms with Gasteiger partial charge < -0.3 is 4.90 Å². The number of carbonyl (C=O) groups excluding carboxylic acids is 1. The van der Waals surface area contributed by atoms with Gasteiger partial charge >= 0.3 is 0 Å². The monoisotopic (exact) mass is 426 g/mol. The predicted octanol–water partition coefficient (Wildman–Crippen LogP) is 4.68. The van der Waals surface area contributed by atoms with Crippen molar-refractivity contribution in [3.05, 3.63) is 95.8 Å². The van der Waals surface area contributed by atoms with Crippen LogP contribution in [0.25, 0.3) is 0 Å². The van der Waals surface area contributed by atoms with Gasteiger partial charge in [-0.25, -0.2) is 12.8 Å². The second-order valence-electron chi connectivity index (χ2n) is 6.83. The zero-order valence-electron chi connectivity index (χ0n) is 16.6. The summed E-state index contributed by atoms with van der Waals surface area (Å²) >= 11 is 0. The van der Waals surface area contributed by atoms with Crippen LogP contribution in [0.15, 0.2) is 83.8 Å². The fourth-order valence-electron chi connectivity index (χ4n) is 3.05. The summed E-state index contributed by atoms with van der Waals surface area (Å²) in [6, 6.07) is 20.9. The van der Waals surface area contributed by atoms with E-state index in [1.54, 1.807) is 11.0 Å². The van der Waals surface area contributed by atoms with E-state index >= 15 is 0 Å². The molecule has 0 aliphatic rings. The van der Waals surface area contributed by atoms with Crippen LogP contribution in [0.2, 0.25) is 0 Å². The summed E-state index contributed by atoms with van der Waals surface area (Å²) in [6.45, 7) is 2.95. The highest BCUT2D eigenvalue weighted by molar-refractivity contribution is 7.92. The Morgan fingerprint density at radius 2 is 1.67 bits per heavy atom. The van der Waals surface area contributed by atoms with Crippen molar-refractivity contribution >= 4 is 21.6 Å². The largest absolute Gasteiger partial charge is 0.334 e. The van der Waals surface area contributed by atoms with E-state index < -0.39 is 15.8 Å². The molecule has 0 spiro atoms. The maximum absolute atomic E-state index is 13.9. The van der Waals surface area contributed by atoms with Gasteiger partial charge in [-0.05, 0) is 42.3 Å². The molecular formula is C23H23FN2O3S. The number of nitrogens with one attached hydrogen (secondary N) is 1. The van der Waals surface area contributed by atoms with Gasteiger partial charge in [0.1, 0.15) is 5.82 Å². The molecule has 156 valence electrons. The lowest BCUT2D eigenvalue weighted by Gasteiger charge is -2.22. The molecule has 0 fully saturated rings. The van der Waals surface area contributed by atoms with E-state index in [1.807, 2.05) is 37.3 Å². The lowest BCUT2D eigenvalue weighted by molar-refractivity contribution is 0.0743. The van der Waals surface area contributed by atoms with E-state index in [-0.39, 0.29) is 22.1 Å². The van der Waals surface area contributed by atoms with Crippen LogP contribution < -0.4 is 4.72 Å². The molecule has 0 aromatic heterocycles. The lowest BCUT2D eigenvalue weighted by atomic mass is 10.1. The van der Waals surface area contributed by atoms with Crippen LogP contribution in [0, 0.1) is 5.82 Å². The van der Waals surface area contributed by atoms with Crippen molar-refractivity contribution in [2.75, 3.05) is 11.3 Å². The predicted molar refractivity (Wildman–Crippen MR) is 115 cm³/mol. The molecule has 1 N–H and O–H groups in total. The van der Waals surface area contributed by atoms with Crippen LogP contribution in [-0.4, -0.2) is 25.8 Å². The van der Waals surface area contributed by atoms with Gasteiger partial charge in [0.15, 0.2) is 0 Å². The Balaban J connectivity index is 1.85. The van der Waals surface area contributed by atoms with E-state index in [0.29, 0.717) is 13.1 Å². The standard InChI is InChI=1S/C23H23FN2O3S/c1-2-15-26(17-18-9-4-3-5-10-18)23(27)19-11-8-12-20(16-19)30(28,29)25-22-14-7-6-13-21(22)24/h3-14,16,25H,2,15,17H2,1H3. The third-order valence-corrected chi connectivity index (χ3v) is 5.87. The molecular weight excluding hydrogens is 403 g/mol. The Morgan fingerprint density at radius 1 is 0.967 bits per heavy atom. The maximum Gasteiger partial charge on any atom is 0.262 e. The summed E-state index contributed by atoms with van der Waals surface area (Å²) < 4.78 is 41.5. The molecule has 0 aliphatic carbocycles. The molecule has 3 aromatic rings. The van der Waals surface area contributed by atoms with E-state index in [4.69, 9.17) is 0 Å². The molecule has 3 rings (SSSR count). The summed E-state index contributed by atoms with van der Waals surface area (Å²) in [7, 11) is -4.05. The Hall–Kier alpha value is -3.19. The quantitative estimate of drug-likeness (QED) is 0.569. The highest BCUT2D eigenvalue weighted by Gasteiger charge is 2.20. The fourth-order valence-corrected chi connectivity index (χ4v) is 4.17. The zero-order chi connectivity index (χ0) is 21.6. The molecule has 0 bridgehead atoms. The van der Waals surface area contributed by atoms with Crippen molar-refractivity contribution in [2.45, 2.75) is 24.8 Å². The Bertz CT molecular complexity index is 1120. The van der Waals surface area contributed by atoms with Crippen molar-refractivity contribution in [3.8, 4) is 0 Å². The molecule has 3 aromatic carbocycles. The summed E-state index contributed by atoms with van der Waals surface area (Å²) in [5.41, 5.74) is 1.10. The molecule has 0 unspecified atom stereocenters. The summed E-state index contributed by atoms with van der Waals surface area (Å²) in [4.78, 5) is 14.7. The first-order valence-corrected chi connectivity index (χ1v) is 11.1. The van der Waals surface area contributed by atoms with Gasteiger partial charge in [-0.3, -0.25) is 9.52 Å². The van der Waals surface area contributed by atoms with E-state index in [9.17, 15) is 17.6 Å². The number of halogens is 1. The number of hydrogen-bond acceptors (Lipinski definition) is 3. The first kappa shape index (κ1) is 21.5. The Kier molecular flexibility index (Phi) is 6.84. The normalized spacial score (nSPS) is 11.1. The molecule has 0 saturated carbocycles. The summed E-state index contributed by atoms with van der Waals surface area (Å²) in [6.07, 6.45) is 0.769. The van der Waals surface area contributed by atoms with Crippen LogP contribution in [0.3, 0.4) is 0 Å². The average Bonchev–Trinajstić information content (AvgIpc) is 2.75. The van der Waals surface area contributed by atoms with E-state index in [0.717, 1.165) is 12.0 Å². The maximum atomic E-state index is 13.9. The Labute approximate surface area is 176 Å². The fraction of sp³-hybridized carbons (Fsp3) is 0.174. The molecule has 0 saturated heterocycles. The molecule has 0 radical (unpaired) electrons. The highest BCUT2D eigenvalue weighted by Crippen LogP contribution is 2.20. The molecule has 7 heteroatoms. The zero-order valence-corrected chi connectivity index (χ0v) is 17.4.